The van der Waals surface area contributed by atoms with Crippen LogP contribution in [0.15, 0.2) is 30.5 Å². The molecule has 78 valence electrons. The fourth-order valence-electron chi connectivity index (χ4n) is 1.77. The molecule has 3 N–H and O–H groups in total. The molecule has 0 aliphatic heterocycles. The molecule has 0 unspecified atom stereocenters. The first kappa shape index (κ1) is 9.73. The van der Waals surface area contributed by atoms with E-state index in [4.69, 9.17) is 5.84 Å². The van der Waals surface area contributed by atoms with Gasteiger partial charge in [-0.2, -0.15) is 0 Å². The molecular formula is C11H13N3O. The highest BCUT2D eigenvalue weighted by molar-refractivity contribution is 6.06. The van der Waals surface area contributed by atoms with Gasteiger partial charge in [0.1, 0.15) is 0 Å². The van der Waals surface area contributed by atoms with E-state index < -0.39 is 0 Å². The Labute approximate surface area is 87.6 Å². The first-order chi connectivity index (χ1) is 7.27. The third-order valence-electron chi connectivity index (χ3n) is 2.53. The van der Waals surface area contributed by atoms with Crippen LogP contribution in [0.25, 0.3) is 10.9 Å². The van der Waals surface area contributed by atoms with Gasteiger partial charge in [0.2, 0.25) is 0 Å². The van der Waals surface area contributed by atoms with E-state index in [1.807, 2.05) is 24.4 Å². The average Bonchev–Trinajstić information content (AvgIpc) is 2.70. The van der Waals surface area contributed by atoms with Crippen molar-refractivity contribution in [2.45, 2.75) is 13.5 Å². The molecular weight excluding hydrogens is 190 g/mol. The fourth-order valence-corrected chi connectivity index (χ4v) is 1.77. The Morgan fingerprint density at radius 2 is 2.27 bits per heavy atom. The largest absolute Gasteiger partial charge is 0.348 e. The SMILES string of the molecule is CCn1ccc2c(C(=O)NN)cccc21. The Morgan fingerprint density at radius 1 is 1.47 bits per heavy atom. The highest BCUT2D eigenvalue weighted by Gasteiger charge is 2.09. The maximum Gasteiger partial charge on any atom is 0.265 e. The maximum atomic E-state index is 11.5. The highest BCUT2D eigenvalue weighted by atomic mass is 16.2. The average molecular weight is 203 g/mol. The summed E-state index contributed by atoms with van der Waals surface area (Å²) < 4.78 is 2.09. The fraction of sp³-hybridized carbons (Fsp3) is 0.182. The van der Waals surface area contributed by atoms with Gasteiger partial charge in [0.15, 0.2) is 0 Å². The van der Waals surface area contributed by atoms with E-state index in [1.165, 1.54) is 0 Å². The van der Waals surface area contributed by atoms with Crippen LogP contribution in [0.3, 0.4) is 0 Å². The van der Waals surface area contributed by atoms with Gasteiger partial charge in [-0.25, -0.2) is 5.84 Å². The van der Waals surface area contributed by atoms with Gasteiger partial charge in [-0.1, -0.05) is 6.07 Å². The molecule has 1 heterocycles. The molecule has 1 aromatic carbocycles. The minimum absolute atomic E-state index is 0.255. The Hall–Kier alpha value is -1.81. The monoisotopic (exact) mass is 203 g/mol. The Balaban J connectivity index is 2.67. The lowest BCUT2D eigenvalue weighted by molar-refractivity contribution is 0.0955. The molecule has 0 aliphatic carbocycles. The number of nitrogens with two attached hydrogens (primary N) is 1. The van der Waals surface area contributed by atoms with Gasteiger partial charge >= 0.3 is 0 Å². The number of aromatic nitrogens is 1. The Bertz CT molecular complexity index is 502. The molecule has 1 amide bonds. The molecule has 0 fully saturated rings. The summed E-state index contributed by atoms with van der Waals surface area (Å²) in [7, 11) is 0. The summed E-state index contributed by atoms with van der Waals surface area (Å²) in [5, 5.41) is 0.933. The molecule has 0 saturated carbocycles. The molecule has 15 heavy (non-hydrogen) atoms. The standard InChI is InChI=1S/C11H13N3O/c1-2-14-7-6-8-9(11(15)13-12)4-3-5-10(8)14/h3-7H,2,12H2,1H3,(H,13,15). The predicted octanol–water partition coefficient (Wildman–Crippen LogP) is 1.26. The van der Waals surface area contributed by atoms with Crippen LogP contribution in [-0.2, 0) is 6.54 Å². The van der Waals surface area contributed by atoms with Gasteiger partial charge in [0.05, 0.1) is 5.56 Å². The lowest BCUT2D eigenvalue weighted by Crippen LogP contribution is -2.30. The van der Waals surface area contributed by atoms with Crippen molar-refractivity contribution in [2.75, 3.05) is 0 Å². The smallest absolute Gasteiger partial charge is 0.265 e. The number of fused-ring (bicyclic) bond motifs is 1. The van der Waals surface area contributed by atoms with Gasteiger partial charge in [-0.3, -0.25) is 10.2 Å². The predicted molar refractivity (Wildman–Crippen MR) is 59.3 cm³/mol. The van der Waals surface area contributed by atoms with E-state index in [0.29, 0.717) is 5.56 Å². The van der Waals surface area contributed by atoms with Crippen LogP contribution in [0, 0.1) is 0 Å². The van der Waals surface area contributed by atoms with E-state index in [2.05, 4.69) is 16.9 Å². The summed E-state index contributed by atoms with van der Waals surface area (Å²) in [4.78, 5) is 11.5. The molecule has 0 spiro atoms. The first-order valence-corrected chi connectivity index (χ1v) is 4.86. The second kappa shape index (κ2) is 3.74. The van der Waals surface area contributed by atoms with Crippen molar-refractivity contribution in [3.8, 4) is 0 Å². The minimum atomic E-state index is -0.255. The van der Waals surface area contributed by atoms with E-state index >= 15 is 0 Å². The molecule has 0 saturated heterocycles. The summed E-state index contributed by atoms with van der Waals surface area (Å²) in [5.41, 5.74) is 3.82. The number of rotatable bonds is 2. The molecule has 4 nitrogen and oxygen atoms in total. The Morgan fingerprint density at radius 3 is 2.93 bits per heavy atom. The van der Waals surface area contributed by atoms with E-state index in [0.717, 1.165) is 17.4 Å². The van der Waals surface area contributed by atoms with Gasteiger partial charge in [-0.05, 0) is 25.1 Å². The third-order valence-corrected chi connectivity index (χ3v) is 2.53. The van der Waals surface area contributed by atoms with Crippen molar-refractivity contribution in [3.05, 3.63) is 36.0 Å². The number of carbonyl (C=O) groups is 1. The van der Waals surface area contributed by atoms with Gasteiger partial charge in [-0.15, -0.1) is 0 Å². The number of carbonyl (C=O) groups excluding carboxylic acids is 1. The zero-order valence-corrected chi connectivity index (χ0v) is 8.53. The van der Waals surface area contributed by atoms with E-state index in [1.54, 1.807) is 6.07 Å². The molecule has 0 radical (unpaired) electrons. The zero-order valence-electron chi connectivity index (χ0n) is 8.53. The number of hydrogen-bond acceptors (Lipinski definition) is 2. The normalized spacial score (nSPS) is 10.5. The number of nitrogens with zero attached hydrogens (tertiary/aromatic N) is 1. The zero-order chi connectivity index (χ0) is 10.8. The molecule has 1 aromatic heterocycles. The second-order valence-electron chi connectivity index (χ2n) is 3.31. The number of nitrogen functional groups attached to an aromatic ring is 1. The summed E-state index contributed by atoms with van der Waals surface area (Å²) in [6, 6.07) is 7.55. The van der Waals surface area contributed by atoms with Gasteiger partial charge < -0.3 is 4.57 Å². The van der Waals surface area contributed by atoms with Crippen molar-refractivity contribution in [3.63, 3.8) is 0 Å². The molecule has 4 heteroatoms. The van der Waals surface area contributed by atoms with E-state index in [-0.39, 0.29) is 5.91 Å². The highest BCUT2D eigenvalue weighted by Crippen LogP contribution is 2.19. The van der Waals surface area contributed by atoms with Crippen LogP contribution in [0.1, 0.15) is 17.3 Å². The third kappa shape index (κ3) is 1.49. The van der Waals surface area contributed by atoms with Gasteiger partial charge in [0.25, 0.3) is 5.91 Å². The van der Waals surface area contributed by atoms with Crippen LogP contribution in [0.5, 0.6) is 0 Å². The molecule has 0 aliphatic rings. The van der Waals surface area contributed by atoms with Crippen molar-refractivity contribution >= 4 is 16.8 Å². The van der Waals surface area contributed by atoms with Crippen molar-refractivity contribution in [2.24, 2.45) is 5.84 Å². The molecule has 0 atom stereocenters. The number of hydrazine groups is 1. The second-order valence-corrected chi connectivity index (χ2v) is 3.31. The Kier molecular flexibility index (Phi) is 2.43. The number of nitrogens with one attached hydrogen (secondary N) is 1. The van der Waals surface area contributed by atoms with Crippen LogP contribution in [-0.4, -0.2) is 10.5 Å². The van der Waals surface area contributed by atoms with E-state index in [9.17, 15) is 4.79 Å². The summed E-state index contributed by atoms with van der Waals surface area (Å²) >= 11 is 0. The van der Waals surface area contributed by atoms with Crippen LogP contribution in [0.4, 0.5) is 0 Å². The van der Waals surface area contributed by atoms with Crippen LogP contribution < -0.4 is 11.3 Å². The molecule has 0 bridgehead atoms. The van der Waals surface area contributed by atoms with Crippen LogP contribution in [0.2, 0.25) is 0 Å². The number of aryl methyl sites for hydroxylation is 1. The van der Waals surface area contributed by atoms with Crippen molar-refractivity contribution in [1.29, 1.82) is 0 Å². The maximum absolute atomic E-state index is 11.5. The van der Waals surface area contributed by atoms with Crippen molar-refractivity contribution in [1.82, 2.24) is 9.99 Å². The quantitative estimate of drug-likeness (QED) is 0.438. The molecule has 2 rings (SSSR count). The number of benzene rings is 1. The lowest BCUT2D eigenvalue weighted by atomic mass is 10.1. The summed E-state index contributed by atoms with van der Waals surface area (Å²) in [6.45, 7) is 2.95. The van der Waals surface area contributed by atoms with Gasteiger partial charge in [0, 0.05) is 23.6 Å². The number of hydrogen-bond donors (Lipinski definition) is 2. The number of amides is 1. The summed E-state index contributed by atoms with van der Waals surface area (Å²) in [6.07, 6.45) is 1.97. The van der Waals surface area contributed by atoms with Crippen molar-refractivity contribution < 1.29 is 4.79 Å². The minimum Gasteiger partial charge on any atom is -0.348 e. The topological polar surface area (TPSA) is 60.0 Å². The lowest BCUT2D eigenvalue weighted by Gasteiger charge is -2.03. The first-order valence-electron chi connectivity index (χ1n) is 4.86. The van der Waals surface area contributed by atoms with Crippen LogP contribution >= 0.6 is 0 Å². The summed E-state index contributed by atoms with van der Waals surface area (Å²) in [5.74, 6) is 4.87. The molecule has 2 aromatic rings.